The molecule has 0 bridgehead atoms. The highest BCUT2D eigenvalue weighted by Crippen LogP contribution is 2.26. The molecule has 0 spiro atoms. The zero-order valence-corrected chi connectivity index (χ0v) is 11.6. The van der Waals surface area contributed by atoms with E-state index in [2.05, 4.69) is 32.2 Å². The minimum Gasteiger partial charge on any atom is -0.375 e. The lowest BCUT2D eigenvalue weighted by Crippen LogP contribution is -2.49. The number of hydrogen-bond donors (Lipinski definition) is 1. The third-order valence-corrected chi connectivity index (χ3v) is 3.42. The number of rotatable bonds is 5. The van der Waals surface area contributed by atoms with Crippen LogP contribution >= 0.6 is 0 Å². The van der Waals surface area contributed by atoms with Gasteiger partial charge in [0.2, 0.25) is 0 Å². The molecule has 0 heterocycles. The summed E-state index contributed by atoms with van der Waals surface area (Å²) in [7, 11) is 0. The van der Waals surface area contributed by atoms with Gasteiger partial charge in [0.05, 0.1) is 18.8 Å². The number of nitrogens with zero attached hydrogens (tertiary/aromatic N) is 1. The monoisotopic (exact) mass is 238 g/mol. The molecule has 1 unspecified atom stereocenters. The van der Waals surface area contributed by atoms with Gasteiger partial charge in [-0.05, 0) is 52.4 Å². The first-order chi connectivity index (χ1) is 7.95. The average Bonchev–Trinajstić information content (AvgIpc) is 2.27. The topological polar surface area (TPSA) is 45.0 Å². The van der Waals surface area contributed by atoms with Crippen molar-refractivity contribution in [2.75, 3.05) is 6.61 Å². The molecule has 1 rings (SSSR count). The van der Waals surface area contributed by atoms with E-state index >= 15 is 0 Å². The van der Waals surface area contributed by atoms with Crippen molar-refractivity contribution in [2.24, 2.45) is 5.92 Å². The van der Waals surface area contributed by atoms with Crippen molar-refractivity contribution < 1.29 is 4.74 Å². The van der Waals surface area contributed by atoms with Crippen molar-refractivity contribution in [3.8, 4) is 6.07 Å². The summed E-state index contributed by atoms with van der Waals surface area (Å²) in [5, 5.41) is 12.5. The molecule has 1 fully saturated rings. The van der Waals surface area contributed by atoms with Crippen LogP contribution in [0.3, 0.4) is 0 Å². The molecule has 1 N–H and O–H groups in total. The van der Waals surface area contributed by atoms with Crippen molar-refractivity contribution in [2.45, 2.75) is 71.1 Å². The molecule has 3 nitrogen and oxygen atoms in total. The predicted octanol–water partition coefficient (Wildman–Crippen LogP) is 2.86. The lowest BCUT2D eigenvalue weighted by atomic mass is 9.89. The van der Waals surface area contributed by atoms with Crippen LogP contribution in [0.15, 0.2) is 0 Å². The Kier molecular flexibility index (Phi) is 5.42. The highest BCUT2D eigenvalue weighted by molar-refractivity contribution is 5.04. The number of nitrogens with one attached hydrogen (secondary N) is 1. The first-order valence-electron chi connectivity index (χ1n) is 6.76. The van der Waals surface area contributed by atoms with Crippen molar-refractivity contribution in [1.82, 2.24) is 5.32 Å². The van der Waals surface area contributed by atoms with E-state index in [1.165, 1.54) is 12.8 Å². The fraction of sp³-hybridized carbons (Fsp3) is 0.929. The molecular weight excluding hydrogens is 212 g/mol. The van der Waals surface area contributed by atoms with Crippen LogP contribution in [0.2, 0.25) is 0 Å². The van der Waals surface area contributed by atoms with Gasteiger partial charge in [-0.2, -0.15) is 5.26 Å². The summed E-state index contributed by atoms with van der Waals surface area (Å²) in [5.41, 5.74) is -0.558. The molecule has 1 aliphatic rings. The van der Waals surface area contributed by atoms with Crippen LogP contribution in [0, 0.1) is 17.2 Å². The van der Waals surface area contributed by atoms with Gasteiger partial charge < -0.3 is 4.74 Å². The van der Waals surface area contributed by atoms with Crippen LogP contribution in [0.1, 0.15) is 53.4 Å². The Bertz CT molecular complexity index is 264. The van der Waals surface area contributed by atoms with Crippen LogP contribution in [0.4, 0.5) is 0 Å². The minimum atomic E-state index is -0.558. The summed E-state index contributed by atoms with van der Waals surface area (Å²) in [6.45, 7) is 8.81. The van der Waals surface area contributed by atoms with Gasteiger partial charge in [0.1, 0.15) is 5.54 Å². The van der Waals surface area contributed by atoms with E-state index in [1.807, 2.05) is 6.92 Å². The van der Waals surface area contributed by atoms with Gasteiger partial charge in [-0.3, -0.25) is 5.32 Å². The summed E-state index contributed by atoms with van der Waals surface area (Å²) in [4.78, 5) is 0. The number of hydrogen-bond acceptors (Lipinski definition) is 3. The van der Waals surface area contributed by atoms with E-state index in [9.17, 15) is 5.26 Å². The van der Waals surface area contributed by atoms with Crippen LogP contribution in [0.25, 0.3) is 0 Å². The number of nitriles is 1. The molecule has 1 aliphatic carbocycles. The molecule has 0 aromatic rings. The Morgan fingerprint density at radius 2 is 1.94 bits per heavy atom. The van der Waals surface area contributed by atoms with Gasteiger partial charge in [-0.1, -0.05) is 6.92 Å². The molecule has 1 saturated carbocycles. The lowest BCUT2D eigenvalue weighted by Gasteiger charge is -2.31. The van der Waals surface area contributed by atoms with Gasteiger partial charge in [-0.25, -0.2) is 0 Å². The highest BCUT2D eigenvalue weighted by Gasteiger charge is 2.27. The van der Waals surface area contributed by atoms with E-state index in [1.54, 1.807) is 0 Å². The summed E-state index contributed by atoms with van der Waals surface area (Å²) in [6, 6.07) is 2.62. The molecule has 0 saturated heterocycles. The van der Waals surface area contributed by atoms with E-state index in [4.69, 9.17) is 4.74 Å². The maximum absolute atomic E-state index is 9.21. The summed E-state index contributed by atoms with van der Waals surface area (Å²) >= 11 is 0. The molecule has 3 heteroatoms. The molecular formula is C14H26N2O. The fourth-order valence-corrected chi connectivity index (χ4v) is 2.42. The number of ether oxygens (including phenoxy) is 1. The second-order valence-corrected chi connectivity index (χ2v) is 5.94. The van der Waals surface area contributed by atoms with Crippen LogP contribution in [-0.4, -0.2) is 24.3 Å². The van der Waals surface area contributed by atoms with Crippen LogP contribution in [-0.2, 0) is 4.74 Å². The largest absolute Gasteiger partial charge is 0.375 e. The first-order valence-corrected chi connectivity index (χ1v) is 6.76. The van der Waals surface area contributed by atoms with E-state index in [0.29, 0.717) is 18.8 Å². The molecule has 1 atom stereocenters. The van der Waals surface area contributed by atoms with Gasteiger partial charge in [0, 0.05) is 6.04 Å². The van der Waals surface area contributed by atoms with E-state index in [0.717, 1.165) is 18.8 Å². The maximum atomic E-state index is 9.21. The molecule has 0 aromatic heterocycles. The van der Waals surface area contributed by atoms with Crippen LogP contribution < -0.4 is 5.32 Å². The second-order valence-electron chi connectivity index (χ2n) is 5.94. The Hall–Kier alpha value is -0.590. The SMILES string of the molecule is CC1CCC(OCC(C)(C#N)NC(C)C)CC1. The predicted molar refractivity (Wildman–Crippen MR) is 69.7 cm³/mol. The van der Waals surface area contributed by atoms with Gasteiger partial charge in [0.15, 0.2) is 0 Å². The molecule has 0 aromatic carbocycles. The highest BCUT2D eigenvalue weighted by atomic mass is 16.5. The molecule has 0 radical (unpaired) electrons. The van der Waals surface area contributed by atoms with Gasteiger partial charge in [-0.15, -0.1) is 0 Å². The Morgan fingerprint density at radius 1 is 1.35 bits per heavy atom. The molecule has 17 heavy (non-hydrogen) atoms. The van der Waals surface area contributed by atoms with Gasteiger partial charge in [0.25, 0.3) is 0 Å². The standard InChI is InChI=1S/C14H26N2O/c1-11(2)16-14(4,9-15)10-17-13-7-5-12(3)6-8-13/h11-13,16H,5-8,10H2,1-4H3. The Labute approximate surface area is 106 Å². The van der Waals surface area contributed by atoms with E-state index < -0.39 is 5.54 Å². The third kappa shape index (κ3) is 5.06. The lowest BCUT2D eigenvalue weighted by molar-refractivity contribution is -0.00189. The first kappa shape index (κ1) is 14.5. The average molecular weight is 238 g/mol. The third-order valence-electron chi connectivity index (χ3n) is 3.42. The zero-order chi connectivity index (χ0) is 12.9. The van der Waals surface area contributed by atoms with Crippen LogP contribution in [0.5, 0.6) is 0 Å². The zero-order valence-electron chi connectivity index (χ0n) is 11.6. The van der Waals surface area contributed by atoms with E-state index in [-0.39, 0.29) is 0 Å². The van der Waals surface area contributed by atoms with Crippen molar-refractivity contribution in [1.29, 1.82) is 5.26 Å². The van der Waals surface area contributed by atoms with Gasteiger partial charge >= 0.3 is 0 Å². The fourth-order valence-electron chi connectivity index (χ4n) is 2.42. The van der Waals surface area contributed by atoms with Crippen molar-refractivity contribution in [3.63, 3.8) is 0 Å². The quantitative estimate of drug-likeness (QED) is 0.801. The molecule has 0 amide bonds. The Morgan fingerprint density at radius 3 is 2.41 bits per heavy atom. The summed E-state index contributed by atoms with van der Waals surface area (Å²) in [5.74, 6) is 0.839. The summed E-state index contributed by atoms with van der Waals surface area (Å²) in [6.07, 6.45) is 5.15. The molecule has 0 aliphatic heterocycles. The Balaban J connectivity index is 2.35. The van der Waals surface area contributed by atoms with Crippen molar-refractivity contribution in [3.05, 3.63) is 0 Å². The smallest absolute Gasteiger partial charge is 0.127 e. The maximum Gasteiger partial charge on any atom is 0.127 e. The minimum absolute atomic E-state index is 0.301. The second kappa shape index (κ2) is 6.37. The summed E-state index contributed by atoms with van der Waals surface area (Å²) < 4.78 is 5.90. The van der Waals surface area contributed by atoms with Crippen molar-refractivity contribution >= 4 is 0 Å². The normalized spacial score (nSPS) is 28.7. The molecule has 98 valence electrons.